The van der Waals surface area contributed by atoms with E-state index in [1.807, 2.05) is 0 Å². The van der Waals surface area contributed by atoms with Crippen LogP contribution in [-0.4, -0.2) is 0 Å². The fourth-order valence-electron chi connectivity index (χ4n) is 2.75. The molecule has 94 valence electrons. The first-order valence-corrected chi connectivity index (χ1v) is 7.17. The Bertz CT molecular complexity index is 214. The van der Waals surface area contributed by atoms with Crippen molar-refractivity contribution < 1.29 is 0 Å². The summed E-state index contributed by atoms with van der Waals surface area (Å²) < 4.78 is 0. The Hall–Kier alpha value is -0.260. The van der Waals surface area contributed by atoms with Crippen LogP contribution in [0.3, 0.4) is 0 Å². The van der Waals surface area contributed by atoms with Gasteiger partial charge >= 0.3 is 0 Å². The molecule has 0 fully saturated rings. The highest BCUT2D eigenvalue weighted by atomic mass is 14.3. The van der Waals surface area contributed by atoms with E-state index in [1.165, 1.54) is 25.7 Å². The predicted octanol–water partition coefficient (Wildman–Crippen LogP) is 5.30. The minimum Gasteiger partial charge on any atom is -0.0880 e. The van der Waals surface area contributed by atoms with Crippen LogP contribution in [0, 0.1) is 29.6 Å². The lowest BCUT2D eigenvalue weighted by molar-refractivity contribution is 0.245. The number of rotatable bonds is 1. The summed E-state index contributed by atoms with van der Waals surface area (Å²) in [5, 5.41) is 0. The smallest absolute Gasteiger partial charge is 0.0236 e. The number of hydrogen-bond acceptors (Lipinski definition) is 0. The summed E-state index contributed by atoms with van der Waals surface area (Å²) in [4.78, 5) is 0. The van der Waals surface area contributed by atoms with Crippen molar-refractivity contribution >= 4 is 0 Å². The summed E-state index contributed by atoms with van der Waals surface area (Å²) in [5.74, 6) is 4.26. The van der Waals surface area contributed by atoms with Crippen LogP contribution in [0.25, 0.3) is 0 Å². The molecule has 0 saturated heterocycles. The minimum atomic E-state index is 0.756. The van der Waals surface area contributed by atoms with E-state index in [9.17, 15) is 0 Å². The maximum Gasteiger partial charge on any atom is -0.0236 e. The van der Waals surface area contributed by atoms with Gasteiger partial charge in [0.1, 0.15) is 0 Å². The molecule has 0 radical (unpaired) electrons. The van der Waals surface area contributed by atoms with E-state index in [4.69, 9.17) is 0 Å². The normalized spacial score (nSPS) is 37.6. The molecular formula is C16H30. The monoisotopic (exact) mass is 222 g/mol. The topological polar surface area (TPSA) is 0 Å². The highest BCUT2D eigenvalue weighted by Crippen LogP contribution is 2.32. The van der Waals surface area contributed by atoms with Crippen molar-refractivity contribution in [1.82, 2.24) is 0 Å². The third kappa shape index (κ3) is 4.31. The molecule has 1 rings (SSSR count). The van der Waals surface area contributed by atoms with E-state index in [2.05, 4.69) is 46.8 Å². The van der Waals surface area contributed by atoms with Crippen LogP contribution in [0.2, 0.25) is 0 Å². The van der Waals surface area contributed by atoms with Gasteiger partial charge in [0.15, 0.2) is 0 Å². The molecule has 1 unspecified atom stereocenters. The van der Waals surface area contributed by atoms with Crippen molar-refractivity contribution in [2.45, 2.75) is 60.3 Å². The second kappa shape index (κ2) is 6.47. The molecule has 0 spiro atoms. The number of allylic oxidation sites excluding steroid dienone is 2. The molecule has 0 amide bonds. The van der Waals surface area contributed by atoms with Gasteiger partial charge in [-0.25, -0.2) is 0 Å². The van der Waals surface area contributed by atoms with Gasteiger partial charge in [-0.1, -0.05) is 53.2 Å². The highest BCUT2D eigenvalue weighted by molar-refractivity contribution is 4.91. The summed E-state index contributed by atoms with van der Waals surface area (Å²) in [6.45, 7) is 12.0. The molecule has 0 aromatic heterocycles. The van der Waals surface area contributed by atoms with Gasteiger partial charge in [-0.2, -0.15) is 0 Å². The standard InChI is InChI=1S/C16H30/c1-12(2)16-10-9-13(3)7-6-8-14(4)15(5)11-16/h6,8,12-16H,7,9-11H2,1-5H3/t13-,14-,15?,16-/m0/s1. The average molecular weight is 222 g/mol. The van der Waals surface area contributed by atoms with Crippen molar-refractivity contribution in [3.05, 3.63) is 12.2 Å². The van der Waals surface area contributed by atoms with Crippen LogP contribution in [0.15, 0.2) is 12.2 Å². The maximum atomic E-state index is 2.45. The van der Waals surface area contributed by atoms with Gasteiger partial charge in [0.05, 0.1) is 0 Å². The van der Waals surface area contributed by atoms with Gasteiger partial charge in [0.25, 0.3) is 0 Å². The molecule has 4 atom stereocenters. The molecule has 0 saturated carbocycles. The van der Waals surface area contributed by atoms with Crippen molar-refractivity contribution in [1.29, 1.82) is 0 Å². The van der Waals surface area contributed by atoms with E-state index in [0.717, 1.165) is 29.6 Å². The first-order valence-electron chi connectivity index (χ1n) is 7.17. The lowest BCUT2D eigenvalue weighted by Crippen LogP contribution is -2.18. The van der Waals surface area contributed by atoms with Crippen LogP contribution < -0.4 is 0 Å². The van der Waals surface area contributed by atoms with Gasteiger partial charge in [-0.05, 0) is 48.9 Å². The van der Waals surface area contributed by atoms with Crippen LogP contribution in [0.4, 0.5) is 0 Å². The van der Waals surface area contributed by atoms with Crippen LogP contribution in [0.5, 0.6) is 0 Å². The first kappa shape index (κ1) is 13.8. The van der Waals surface area contributed by atoms with Gasteiger partial charge in [0, 0.05) is 0 Å². The summed E-state index contributed by atoms with van der Waals surface area (Å²) in [7, 11) is 0. The molecule has 16 heavy (non-hydrogen) atoms. The van der Waals surface area contributed by atoms with Gasteiger partial charge in [-0.15, -0.1) is 0 Å². The van der Waals surface area contributed by atoms with E-state index in [-0.39, 0.29) is 0 Å². The van der Waals surface area contributed by atoms with E-state index in [1.54, 1.807) is 0 Å². The lowest BCUT2D eigenvalue weighted by Gasteiger charge is -2.28. The fraction of sp³-hybridized carbons (Fsp3) is 0.875. The fourth-order valence-corrected chi connectivity index (χ4v) is 2.75. The Kier molecular flexibility index (Phi) is 5.58. The Morgan fingerprint density at radius 2 is 1.75 bits per heavy atom. The lowest BCUT2D eigenvalue weighted by atomic mass is 9.77. The van der Waals surface area contributed by atoms with Gasteiger partial charge in [0.2, 0.25) is 0 Å². The molecule has 0 aromatic rings. The van der Waals surface area contributed by atoms with Crippen molar-refractivity contribution in [2.24, 2.45) is 29.6 Å². The third-order valence-corrected chi connectivity index (χ3v) is 4.52. The van der Waals surface area contributed by atoms with Crippen molar-refractivity contribution in [3.8, 4) is 0 Å². The zero-order valence-electron chi connectivity index (χ0n) is 11.9. The Morgan fingerprint density at radius 3 is 2.38 bits per heavy atom. The van der Waals surface area contributed by atoms with Crippen LogP contribution >= 0.6 is 0 Å². The molecule has 0 bridgehead atoms. The second-order valence-electron chi connectivity index (χ2n) is 6.42. The summed E-state index contributed by atoms with van der Waals surface area (Å²) >= 11 is 0. The predicted molar refractivity (Wildman–Crippen MR) is 73.4 cm³/mol. The second-order valence-corrected chi connectivity index (χ2v) is 6.42. The largest absolute Gasteiger partial charge is 0.0880 e. The SMILES string of the molecule is CC(C)[C@H]1CC[C@@H](C)CC=C[C@H](C)C(C)C1. The molecule has 0 heteroatoms. The Balaban J connectivity index is 2.67. The zero-order valence-corrected chi connectivity index (χ0v) is 11.9. The molecule has 0 aliphatic heterocycles. The third-order valence-electron chi connectivity index (χ3n) is 4.52. The van der Waals surface area contributed by atoms with Crippen LogP contribution in [-0.2, 0) is 0 Å². The van der Waals surface area contributed by atoms with E-state index < -0.39 is 0 Å². The molecule has 0 heterocycles. The molecular weight excluding hydrogens is 192 g/mol. The number of hydrogen-bond donors (Lipinski definition) is 0. The van der Waals surface area contributed by atoms with Crippen LogP contribution in [0.1, 0.15) is 60.3 Å². The van der Waals surface area contributed by atoms with Gasteiger partial charge in [-0.3, -0.25) is 0 Å². The molecule has 1 aliphatic rings. The molecule has 0 aromatic carbocycles. The quantitative estimate of drug-likeness (QED) is 0.528. The molecule has 0 N–H and O–H groups in total. The van der Waals surface area contributed by atoms with E-state index >= 15 is 0 Å². The van der Waals surface area contributed by atoms with Gasteiger partial charge < -0.3 is 0 Å². The zero-order chi connectivity index (χ0) is 12.1. The summed E-state index contributed by atoms with van der Waals surface area (Å²) in [6, 6.07) is 0. The molecule has 1 aliphatic carbocycles. The Morgan fingerprint density at radius 1 is 1.06 bits per heavy atom. The Labute approximate surface area is 103 Å². The van der Waals surface area contributed by atoms with Crippen molar-refractivity contribution in [3.63, 3.8) is 0 Å². The van der Waals surface area contributed by atoms with E-state index in [0.29, 0.717) is 0 Å². The van der Waals surface area contributed by atoms with Crippen molar-refractivity contribution in [2.75, 3.05) is 0 Å². The maximum absolute atomic E-state index is 2.45. The minimum absolute atomic E-state index is 0.756. The summed E-state index contributed by atoms with van der Waals surface area (Å²) in [5.41, 5.74) is 0. The first-order chi connectivity index (χ1) is 7.50. The average Bonchev–Trinajstić information content (AvgIpc) is 2.22. The summed E-state index contributed by atoms with van der Waals surface area (Å²) in [6.07, 6.45) is 10.4. The highest BCUT2D eigenvalue weighted by Gasteiger charge is 2.21. The molecule has 0 nitrogen and oxygen atoms in total.